The predicted molar refractivity (Wildman–Crippen MR) is 145 cm³/mol. The Morgan fingerprint density at radius 3 is 2.06 bits per heavy atom. The Morgan fingerprint density at radius 1 is 0.889 bits per heavy atom. The van der Waals surface area contributed by atoms with E-state index in [4.69, 9.17) is 32.7 Å². The average molecular weight is 528 g/mol. The molecule has 0 aromatic heterocycles. The first-order valence-corrected chi connectivity index (χ1v) is 12.8. The zero-order chi connectivity index (χ0) is 25.3. The molecule has 3 aromatic carbocycles. The van der Waals surface area contributed by atoms with Gasteiger partial charge in [0, 0.05) is 49.4 Å². The second kappa shape index (κ2) is 13.0. The molecule has 1 fully saturated rings. The highest BCUT2D eigenvalue weighted by Gasteiger charge is 2.22. The Hall–Kier alpha value is -2.77. The van der Waals surface area contributed by atoms with Crippen LogP contribution < -0.4 is 10.1 Å². The van der Waals surface area contributed by atoms with Gasteiger partial charge in [-0.2, -0.15) is 0 Å². The van der Waals surface area contributed by atoms with E-state index < -0.39 is 0 Å². The molecule has 8 heteroatoms. The molecule has 1 saturated heterocycles. The fraction of sp³-hybridized carbons (Fsp3) is 0.321. The molecule has 4 rings (SSSR count). The van der Waals surface area contributed by atoms with Gasteiger partial charge in [0.2, 0.25) is 0 Å². The molecule has 0 bridgehead atoms. The number of amides is 2. The summed E-state index contributed by atoms with van der Waals surface area (Å²) < 4.78 is 11.7. The van der Waals surface area contributed by atoms with Crippen LogP contribution >= 0.6 is 23.2 Å². The number of nitrogens with one attached hydrogen (secondary N) is 1. The number of ether oxygens (including phenoxy) is 2. The molecule has 3 aromatic rings. The Labute approximate surface area is 222 Å². The van der Waals surface area contributed by atoms with Crippen LogP contribution in [0.4, 0.5) is 10.5 Å². The number of nitrogens with zero attached hydrogens (tertiary/aromatic N) is 2. The number of rotatable bonds is 9. The number of halogens is 2. The number of carbonyl (C=O) groups is 1. The maximum absolute atomic E-state index is 12.7. The van der Waals surface area contributed by atoms with E-state index in [0.717, 1.165) is 37.2 Å². The van der Waals surface area contributed by atoms with Crippen molar-refractivity contribution in [3.63, 3.8) is 0 Å². The molecule has 0 saturated carbocycles. The van der Waals surface area contributed by atoms with Crippen molar-refractivity contribution in [2.75, 3.05) is 51.8 Å². The highest BCUT2D eigenvalue weighted by molar-refractivity contribution is 6.30. The van der Waals surface area contributed by atoms with Gasteiger partial charge in [0.25, 0.3) is 0 Å². The third kappa shape index (κ3) is 7.14. The third-order valence-electron chi connectivity index (χ3n) is 6.26. The van der Waals surface area contributed by atoms with Crippen LogP contribution in [0.15, 0.2) is 72.8 Å². The van der Waals surface area contributed by atoms with E-state index in [1.165, 1.54) is 0 Å². The van der Waals surface area contributed by atoms with E-state index in [1.54, 1.807) is 7.11 Å². The maximum atomic E-state index is 12.7. The average Bonchev–Trinajstić information content (AvgIpc) is 2.91. The van der Waals surface area contributed by atoms with Crippen LogP contribution in [0.3, 0.4) is 0 Å². The van der Waals surface area contributed by atoms with Crippen molar-refractivity contribution in [3.05, 3.63) is 94.0 Å². The van der Waals surface area contributed by atoms with Crippen LogP contribution in [-0.4, -0.2) is 62.3 Å². The first-order chi connectivity index (χ1) is 17.5. The summed E-state index contributed by atoms with van der Waals surface area (Å²) in [5.41, 5.74) is 2.79. The normalized spacial score (nSPS) is 14.2. The zero-order valence-electron chi connectivity index (χ0n) is 20.3. The van der Waals surface area contributed by atoms with Gasteiger partial charge < -0.3 is 19.7 Å². The van der Waals surface area contributed by atoms with Crippen molar-refractivity contribution in [3.8, 4) is 5.75 Å². The van der Waals surface area contributed by atoms with Crippen molar-refractivity contribution in [2.24, 2.45) is 0 Å². The summed E-state index contributed by atoms with van der Waals surface area (Å²) in [5.74, 6) is 0.653. The van der Waals surface area contributed by atoms with Gasteiger partial charge in [-0.15, -0.1) is 0 Å². The van der Waals surface area contributed by atoms with Gasteiger partial charge in [0.1, 0.15) is 11.9 Å². The van der Waals surface area contributed by atoms with Gasteiger partial charge in [-0.25, -0.2) is 4.79 Å². The molecule has 36 heavy (non-hydrogen) atoms. The van der Waals surface area contributed by atoms with Crippen molar-refractivity contribution in [1.29, 1.82) is 0 Å². The smallest absolute Gasteiger partial charge is 0.322 e. The van der Waals surface area contributed by atoms with Crippen LogP contribution in [0.25, 0.3) is 0 Å². The largest absolute Gasteiger partial charge is 0.495 e. The second-order valence-electron chi connectivity index (χ2n) is 8.67. The summed E-state index contributed by atoms with van der Waals surface area (Å²) in [6.45, 7) is 4.55. The summed E-state index contributed by atoms with van der Waals surface area (Å²) in [4.78, 5) is 16.9. The molecule has 1 heterocycles. The first-order valence-electron chi connectivity index (χ1n) is 12.1. The summed E-state index contributed by atoms with van der Waals surface area (Å²) in [6, 6.07) is 22.8. The highest BCUT2D eigenvalue weighted by Crippen LogP contribution is 2.28. The Balaban J connectivity index is 1.24. The fourth-order valence-electron chi connectivity index (χ4n) is 4.27. The fourth-order valence-corrected chi connectivity index (χ4v) is 4.52. The van der Waals surface area contributed by atoms with Crippen molar-refractivity contribution < 1.29 is 14.3 Å². The molecule has 1 aliphatic rings. The molecule has 1 N–H and O–H groups in total. The quantitative estimate of drug-likeness (QED) is 0.329. The predicted octanol–water partition coefficient (Wildman–Crippen LogP) is 6.35. The van der Waals surface area contributed by atoms with Gasteiger partial charge in [-0.05, 0) is 53.9 Å². The maximum Gasteiger partial charge on any atom is 0.322 e. The highest BCUT2D eigenvalue weighted by atomic mass is 35.5. The lowest BCUT2D eigenvalue weighted by Gasteiger charge is -2.34. The number of para-hydroxylation sites is 2. The van der Waals surface area contributed by atoms with Crippen molar-refractivity contribution in [1.82, 2.24) is 9.80 Å². The second-order valence-corrected chi connectivity index (χ2v) is 9.54. The van der Waals surface area contributed by atoms with E-state index >= 15 is 0 Å². The molecule has 0 unspecified atom stereocenters. The molecular weight excluding hydrogens is 497 g/mol. The minimum absolute atomic E-state index is 0.101. The minimum atomic E-state index is -0.185. The van der Waals surface area contributed by atoms with Crippen LogP contribution in [-0.2, 0) is 4.74 Å². The summed E-state index contributed by atoms with van der Waals surface area (Å²) in [6.07, 6.45) is 0.709. The van der Waals surface area contributed by atoms with E-state index in [1.807, 2.05) is 77.7 Å². The number of hydrogen-bond acceptors (Lipinski definition) is 4. The van der Waals surface area contributed by atoms with Crippen LogP contribution in [0.1, 0.15) is 23.7 Å². The van der Waals surface area contributed by atoms with E-state index in [0.29, 0.717) is 41.2 Å². The molecule has 0 atom stereocenters. The molecular formula is C28H31Cl2N3O3. The Kier molecular flexibility index (Phi) is 9.47. The van der Waals surface area contributed by atoms with Crippen LogP contribution in [0.2, 0.25) is 10.0 Å². The first kappa shape index (κ1) is 26.3. The lowest BCUT2D eigenvalue weighted by Crippen LogP contribution is -2.50. The number of anilines is 1. The summed E-state index contributed by atoms with van der Waals surface area (Å²) >= 11 is 12.2. The molecule has 2 amide bonds. The zero-order valence-corrected chi connectivity index (χ0v) is 21.8. The third-order valence-corrected chi connectivity index (χ3v) is 6.76. The van der Waals surface area contributed by atoms with Crippen molar-refractivity contribution >= 4 is 34.9 Å². The monoisotopic (exact) mass is 527 g/mol. The Morgan fingerprint density at radius 2 is 1.47 bits per heavy atom. The van der Waals surface area contributed by atoms with Crippen LogP contribution in [0, 0.1) is 0 Å². The number of methoxy groups -OCH3 is 1. The number of urea groups is 1. The summed E-state index contributed by atoms with van der Waals surface area (Å²) in [7, 11) is 1.60. The van der Waals surface area contributed by atoms with Gasteiger partial charge in [0.05, 0.1) is 12.8 Å². The molecule has 0 radical (unpaired) electrons. The molecule has 6 nitrogen and oxygen atoms in total. The van der Waals surface area contributed by atoms with E-state index in [-0.39, 0.29) is 12.1 Å². The van der Waals surface area contributed by atoms with E-state index in [2.05, 4.69) is 10.2 Å². The lowest BCUT2D eigenvalue weighted by atomic mass is 10.0. The van der Waals surface area contributed by atoms with Crippen LogP contribution in [0.5, 0.6) is 5.75 Å². The number of carbonyl (C=O) groups excluding carboxylic acids is 1. The van der Waals surface area contributed by atoms with E-state index in [9.17, 15) is 4.79 Å². The Bertz CT molecular complexity index is 1070. The van der Waals surface area contributed by atoms with Gasteiger partial charge >= 0.3 is 6.03 Å². The summed E-state index contributed by atoms with van der Waals surface area (Å²) in [5, 5.41) is 4.35. The standard InChI is InChI=1S/C28H31Cl2N3O3/c1-35-26-6-3-2-5-25(26)31-28(34)33-18-16-32(17-19-33)15-4-20-36-27(21-7-11-23(29)12-8-21)22-9-13-24(30)14-10-22/h2-3,5-14,27H,4,15-20H2,1H3,(H,31,34). The van der Waals surface area contributed by atoms with Crippen molar-refractivity contribution in [2.45, 2.75) is 12.5 Å². The SMILES string of the molecule is COc1ccccc1NC(=O)N1CCN(CCCOC(c2ccc(Cl)cc2)c2ccc(Cl)cc2)CC1. The molecule has 0 aliphatic carbocycles. The van der Waals surface area contributed by atoms with Gasteiger partial charge in [0.15, 0.2) is 0 Å². The molecule has 0 spiro atoms. The number of piperazine rings is 1. The molecule has 190 valence electrons. The van der Waals surface area contributed by atoms with Gasteiger partial charge in [-0.1, -0.05) is 59.6 Å². The minimum Gasteiger partial charge on any atom is -0.495 e. The number of hydrogen-bond donors (Lipinski definition) is 1. The molecule has 1 aliphatic heterocycles. The number of benzene rings is 3. The van der Waals surface area contributed by atoms with Gasteiger partial charge in [-0.3, -0.25) is 4.90 Å². The topological polar surface area (TPSA) is 54.0 Å². The lowest BCUT2D eigenvalue weighted by molar-refractivity contribution is 0.0670.